The number of benzene rings is 2. The number of primary sulfonamides is 1. The van der Waals surface area contributed by atoms with Crippen LogP contribution >= 0.6 is 0 Å². The second kappa shape index (κ2) is 10.0. The zero-order valence-electron chi connectivity index (χ0n) is 16.2. The van der Waals surface area contributed by atoms with Crippen LogP contribution < -0.4 is 15.2 Å². The summed E-state index contributed by atoms with van der Waals surface area (Å²) in [4.78, 5) is 24.2. The molecule has 2 aromatic rings. The lowest BCUT2D eigenvalue weighted by Crippen LogP contribution is -2.35. The van der Waals surface area contributed by atoms with Crippen molar-refractivity contribution < 1.29 is 27.5 Å². The molecule has 156 valence electrons. The van der Waals surface area contributed by atoms with Crippen LogP contribution in [0.25, 0.3) is 0 Å². The van der Waals surface area contributed by atoms with Crippen LogP contribution in [0, 0.1) is 0 Å². The van der Waals surface area contributed by atoms with Gasteiger partial charge in [-0.2, -0.15) is 0 Å². The third-order valence-corrected chi connectivity index (χ3v) is 5.02. The highest BCUT2D eigenvalue weighted by Gasteiger charge is 2.21. The zero-order valence-corrected chi connectivity index (χ0v) is 17.0. The summed E-state index contributed by atoms with van der Waals surface area (Å²) in [6, 6.07) is 14.3. The fourth-order valence-corrected chi connectivity index (χ4v) is 3.02. The molecular formula is C20H24N2O6S. The van der Waals surface area contributed by atoms with Crippen molar-refractivity contribution >= 4 is 21.9 Å². The van der Waals surface area contributed by atoms with Crippen molar-refractivity contribution in [2.75, 3.05) is 6.61 Å². The molecule has 0 fully saturated rings. The summed E-state index contributed by atoms with van der Waals surface area (Å²) in [5.41, 5.74) is 0.677. The molecule has 0 spiro atoms. The molecule has 8 nitrogen and oxygen atoms in total. The summed E-state index contributed by atoms with van der Waals surface area (Å²) in [5, 5.41) is 7.74. The van der Waals surface area contributed by atoms with E-state index in [4.69, 9.17) is 14.6 Å². The number of carbonyl (C=O) groups is 2. The predicted octanol–water partition coefficient (Wildman–Crippen LogP) is 1.91. The molecule has 0 aliphatic carbocycles. The first-order valence-corrected chi connectivity index (χ1v) is 10.6. The molecule has 2 aromatic carbocycles. The molecule has 2 rings (SSSR count). The Labute approximate surface area is 170 Å². The Balaban J connectivity index is 1.85. The van der Waals surface area contributed by atoms with Crippen molar-refractivity contribution in [3.63, 3.8) is 0 Å². The number of hydrogen-bond donors (Lipinski definition) is 2. The number of nitrogens with two attached hydrogens (primary N) is 1. The fraction of sp³-hybridized carbons (Fsp3) is 0.300. The summed E-state index contributed by atoms with van der Waals surface area (Å²) in [6.07, 6.45) is -0.421. The first kappa shape index (κ1) is 22.4. The minimum atomic E-state index is -3.78. The van der Waals surface area contributed by atoms with Crippen LogP contribution in [0.2, 0.25) is 0 Å². The summed E-state index contributed by atoms with van der Waals surface area (Å²) < 4.78 is 33.2. The molecule has 3 N–H and O–H groups in total. The Morgan fingerprint density at radius 3 is 2.24 bits per heavy atom. The number of rotatable bonds is 9. The molecule has 0 saturated heterocycles. The summed E-state index contributed by atoms with van der Waals surface area (Å²) in [7, 11) is -3.78. The van der Waals surface area contributed by atoms with Crippen molar-refractivity contribution in [1.82, 2.24) is 5.32 Å². The Bertz CT molecular complexity index is 929. The number of amides is 1. The topological polar surface area (TPSA) is 125 Å². The number of hydrogen-bond acceptors (Lipinski definition) is 6. The number of carbonyl (C=O) groups excluding carboxylic acids is 2. The summed E-state index contributed by atoms with van der Waals surface area (Å²) in [5.74, 6) is -0.579. The Morgan fingerprint density at radius 2 is 1.69 bits per heavy atom. The van der Waals surface area contributed by atoms with Gasteiger partial charge in [0.15, 0.2) is 12.7 Å². The first-order valence-electron chi connectivity index (χ1n) is 9.01. The lowest BCUT2D eigenvalue weighted by Gasteiger charge is -2.18. The number of para-hydroxylation sites is 1. The standard InChI is InChI=1S/C20H24N2O6S/c1-3-18(28-16-7-5-4-6-8-16)20(24)27-13-19(23)22-14(2)15-9-11-17(12-10-15)29(21,25)26/h4-12,14,18H,3,13H2,1-2H3,(H,22,23)(H2,21,25,26)/t14-,18-/m0/s1. The van der Waals surface area contributed by atoms with E-state index in [1.165, 1.54) is 12.1 Å². The monoisotopic (exact) mass is 420 g/mol. The van der Waals surface area contributed by atoms with Gasteiger partial charge in [0.1, 0.15) is 5.75 Å². The van der Waals surface area contributed by atoms with E-state index in [1.807, 2.05) is 6.07 Å². The van der Waals surface area contributed by atoms with E-state index >= 15 is 0 Å². The van der Waals surface area contributed by atoms with Gasteiger partial charge in [-0.1, -0.05) is 37.3 Å². The highest BCUT2D eigenvalue weighted by Crippen LogP contribution is 2.16. The number of sulfonamides is 1. The van der Waals surface area contributed by atoms with Gasteiger partial charge >= 0.3 is 5.97 Å². The van der Waals surface area contributed by atoms with Crippen LogP contribution in [0.15, 0.2) is 59.5 Å². The van der Waals surface area contributed by atoms with Gasteiger partial charge in [-0.25, -0.2) is 18.4 Å². The maximum Gasteiger partial charge on any atom is 0.347 e. The lowest BCUT2D eigenvalue weighted by molar-refractivity contribution is -0.155. The van der Waals surface area contributed by atoms with Crippen molar-refractivity contribution in [2.45, 2.75) is 37.3 Å². The molecule has 2 atom stereocenters. The van der Waals surface area contributed by atoms with Crippen molar-refractivity contribution in [1.29, 1.82) is 0 Å². The molecule has 0 aliphatic rings. The third-order valence-electron chi connectivity index (χ3n) is 4.09. The van der Waals surface area contributed by atoms with Gasteiger partial charge in [0.25, 0.3) is 5.91 Å². The largest absolute Gasteiger partial charge is 0.479 e. The highest BCUT2D eigenvalue weighted by atomic mass is 32.2. The molecule has 1 amide bonds. The second-order valence-electron chi connectivity index (χ2n) is 6.34. The number of nitrogens with one attached hydrogen (secondary N) is 1. The number of ether oxygens (including phenoxy) is 2. The first-order chi connectivity index (χ1) is 13.7. The molecule has 0 aliphatic heterocycles. The molecule has 0 bridgehead atoms. The second-order valence-corrected chi connectivity index (χ2v) is 7.90. The van der Waals surface area contributed by atoms with Gasteiger partial charge in [-0.3, -0.25) is 4.79 Å². The van der Waals surface area contributed by atoms with Gasteiger partial charge in [-0.15, -0.1) is 0 Å². The van der Waals surface area contributed by atoms with E-state index in [0.717, 1.165) is 0 Å². The summed E-state index contributed by atoms with van der Waals surface area (Å²) in [6.45, 7) is 3.05. The van der Waals surface area contributed by atoms with Crippen LogP contribution in [0.3, 0.4) is 0 Å². The average molecular weight is 420 g/mol. The molecule has 9 heteroatoms. The predicted molar refractivity (Wildman–Crippen MR) is 106 cm³/mol. The van der Waals surface area contributed by atoms with Gasteiger partial charge in [0.2, 0.25) is 10.0 Å². The van der Waals surface area contributed by atoms with E-state index in [0.29, 0.717) is 17.7 Å². The van der Waals surface area contributed by atoms with Gasteiger partial charge in [-0.05, 0) is 43.2 Å². The maximum atomic E-state index is 12.2. The molecule has 0 aromatic heterocycles. The Kier molecular flexibility index (Phi) is 7.74. The minimum absolute atomic E-state index is 0.0160. The van der Waals surface area contributed by atoms with Gasteiger partial charge < -0.3 is 14.8 Å². The molecule has 0 unspecified atom stereocenters. The number of esters is 1. The zero-order chi connectivity index (χ0) is 21.4. The fourth-order valence-electron chi connectivity index (χ4n) is 2.50. The third kappa shape index (κ3) is 6.88. The van der Waals surface area contributed by atoms with E-state index in [-0.39, 0.29) is 4.90 Å². The minimum Gasteiger partial charge on any atom is -0.479 e. The van der Waals surface area contributed by atoms with E-state index in [2.05, 4.69) is 5.32 Å². The van der Waals surface area contributed by atoms with Crippen molar-refractivity contribution in [3.8, 4) is 5.75 Å². The molecule has 0 radical (unpaired) electrons. The maximum absolute atomic E-state index is 12.2. The molecule has 0 heterocycles. The Morgan fingerprint density at radius 1 is 1.07 bits per heavy atom. The van der Waals surface area contributed by atoms with Crippen molar-refractivity contribution in [2.24, 2.45) is 5.14 Å². The molecule has 29 heavy (non-hydrogen) atoms. The molecule has 0 saturated carbocycles. The summed E-state index contributed by atoms with van der Waals surface area (Å²) >= 11 is 0. The van der Waals surface area contributed by atoms with E-state index < -0.39 is 40.7 Å². The smallest absolute Gasteiger partial charge is 0.347 e. The molecular weight excluding hydrogens is 396 g/mol. The van der Waals surface area contributed by atoms with Crippen molar-refractivity contribution in [3.05, 3.63) is 60.2 Å². The quantitative estimate of drug-likeness (QED) is 0.597. The van der Waals surface area contributed by atoms with Crippen LogP contribution in [0.4, 0.5) is 0 Å². The normalized spacial score (nSPS) is 13.2. The lowest BCUT2D eigenvalue weighted by atomic mass is 10.1. The highest BCUT2D eigenvalue weighted by molar-refractivity contribution is 7.89. The van der Waals surface area contributed by atoms with Crippen LogP contribution in [-0.2, 0) is 24.3 Å². The van der Waals surface area contributed by atoms with E-state index in [9.17, 15) is 18.0 Å². The SMILES string of the molecule is CC[C@H](Oc1ccccc1)C(=O)OCC(=O)N[C@@H](C)c1ccc(S(N)(=O)=O)cc1. The van der Waals surface area contributed by atoms with Crippen LogP contribution in [0.1, 0.15) is 31.9 Å². The average Bonchev–Trinajstić information content (AvgIpc) is 2.70. The van der Waals surface area contributed by atoms with Crippen LogP contribution in [0.5, 0.6) is 5.75 Å². The van der Waals surface area contributed by atoms with E-state index in [1.54, 1.807) is 50.2 Å². The van der Waals surface area contributed by atoms with Gasteiger partial charge in [0, 0.05) is 0 Å². The van der Waals surface area contributed by atoms with Gasteiger partial charge in [0.05, 0.1) is 10.9 Å². The van der Waals surface area contributed by atoms with Crippen LogP contribution in [-0.4, -0.2) is 33.0 Å². The Hall–Kier alpha value is -2.91.